The van der Waals surface area contributed by atoms with Crippen LogP contribution in [0.1, 0.15) is 44.2 Å². The number of hydrogen-bond donors (Lipinski definition) is 6. The number of likely N-dealkylation sites (tertiary alicyclic amines) is 1. The van der Waals surface area contributed by atoms with Gasteiger partial charge in [-0.1, -0.05) is 0 Å². The van der Waals surface area contributed by atoms with E-state index in [4.69, 9.17) is 11.5 Å². The Labute approximate surface area is 209 Å². The second kappa shape index (κ2) is 14.7. The number of rotatable bonds is 15. The van der Waals surface area contributed by atoms with Gasteiger partial charge in [-0.3, -0.25) is 14.4 Å². The van der Waals surface area contributed by atoms with Gasteiger partial charge in [-0.15, -0.1) is 0 Å². The standard InChI is InChI=1S/C22H37N7O5S/c1-35-10-7-15(24)19(30)28-17(11-14-12-25-13-26-14)21(32)29-9-4-6-18(29)20(31)27-16(22(33)34)5-2-3-8-23/h12-13,15-18H,2-11,23-24H2,1H3,(H,25,26)(H,27,31)(H,28,30)(H,33,34). The SMILES string of the molecule is CSCCC(N)C(=O)NC(Cc1cnc[nH]1)C(=O)N1CCCC1C(=O)NC(CCCCN)C(=O)O. The summed E-state index contributed by atoms with van der Waals surface area (Å²) in [5, 5.41) is 14.8. The third-order valence-electron chi connectivity index (χ3n) is 5.96. The van der Waals surface area contributed by atoms with E-state index in [2.05, 4.69) is 20.6 Å². The minimum Gasteiger partial charge on any atom is -0.480 e. The Hall–Kier alpha value is -2.64. The van der Waals surface area contributed by atoms with E-state index in [0.29, 0.717) is 56.6 Å². The molecule has 12 nitrogen and oxygen atoms in total. The van der Waals surface area contributed by atoms with Crippen LogP contribution in [0.15, 0.2) is 12.5 Å². The van der Waals surface area contributed by atoms with E-state index in [-0.39, 0.29) is 12.8 Å². The van der Waals surface area contributed by atoms with E-state index in [1.54, 1.807) is 18.0 Å². The lowest BCUT2D eigenvalue weighted by atomic mass is 10.1. The lowest BCUT2D eigenvalue weighted by molar-refractivity contribution is -0.145. The topological polar surface area (TPSA) is 197 Å². The summed E-state index contributed by atoms with van der Waals surface area (Å²) in [4.78, 5) is 59.1. The zero-order valence-electron chi connectivity index (χ0n) is 20.1. The molecule has 0 aliphatic carbocycles. The van der Waals surface area contributed by atoms with Crippen molar-refractivity contribution in [3.05, 3.63) is 18.2 Å². The lowest BCUT2D eigenvalue weighted by Crippen LogP contribution is -2.57. The molecule has 0 spiro atoms. The number of aromatic amines is 1. The summed E-state index contributed by atoms with van der Waals surface area (Å²) in [7, 11) is 0. The number of aliphatic carboxylic acids is 1. The molecule has 196 valence electrons. The summed E-state index contributed by atoms with van der Waals surface area (Å²) < 4.78 is 0. The summed E-state index contributed by atoms with van der Waals surface area (Å²) in [5.74, 6) is -1.80. The molecule has 0 bridgehead atoms. The van der Waals surface area contributed by atoms with E-state index in [1.165, 1.54) is 11.2 Å². The maximum absolute atomic E-state index is 13.5. The monoisotopic (exact) mass is 511 g/mol. The fourth-order valence-electron chi connectivity index (χ4n) is 3.99. The zero-order chi connectivity index (χ0) is 25.8. The molecule has 35 heavy (non-hydrogen) atoms. The van der Waals surface area contributed by atoms with Crippen LogP contribution in [0.4, 0.5) is 0 Å². The molecule has 0 saturated carbocycles. The van der Waals surface area contributed by atoms with Crippen molar-refractivity contribution in [3.63, 3.8) is 0 Å². The summed E-state index contributed by atoms with van der Waals surface area (Å²) >= 11 is 1.57. The average Bonchev–Trinajstić information content (AvgIpc) is 3.53. The van der Waals surface area contributed by atoms with Gasteiger partial charge in [-0.2, -0.15) is 11.8 Å². The first-order valence-electron chi connectivity index (χ1n) is 11.8. The van der Waals surface area contributed by atoms with Crippen molar-refractivity contribution < 1.29 is 24.3 Å². The van der Waals surface area contributed by atoms with Crippen LogP contribution in [0, 0.1) is 0 Å². The molecule has 1 fully saturated rings. The number of nitrogens with one attached hydrogen (secondary N) is 3. The highest BCUT2D eigenvalue weighted by Gasteiger charge is 2.39. The van der Waals surface area contributed by atoms with E-state index in [9.17, 15) is 24.3 Å². The number of hydrogen-bond acceptors (Lipinski definition) is 8. The normalized spacial score (nSPS) is 18.0. The fourth-order valence-corrected chi connectivity index (χ4v) is 4.48. The third kappa shape index (κ3) is 8.82. The molecule has 2 rings (SSSR count). The molecule has 1 saturated heterocycles. The van der Waals surface area contributed by atoms with E-state index in [0.717, 1.165) is 0 Å². The molecule has 4 atom stereocenters. The van der Waals surface area contributed by atoms with Crippen LogP contribution in [0.3, 0.4) is 0 Å². The van der Waals surface area contributed by atoms with Crippen molar-refractivity contribution in [2.24, 2.45) is 11.5 Å². The molecular formula is C22H37N7O5S. The number of H-pyrrole nitrogens is 1. The number of amides is 3. The summed E-state index contributed by atoms with van der Waals surface area (Å²) in [6.07, 6.45) is 8.05. The van der Waals surface area contributed by atoms with Gasteiger partial charge >= 0.3 is 5.97 Å². The highest BCUT2D eigenvalue weighted by atomic mass is 32.2. The van der Waals surface area contributed by atoms with Crippen LogP contribution in [0.25, 0.3) is 0 Å². The molecule has 1 aromatic rings. The first-order valence-corrected chi connectivity index (χ1v) is 13.2. The Morgan fingerprint density at radius 2 is 2.03 bits per heavy atom. The number of carboxylic acid groups (broad SMARTS) is 1. The number of imidazole rings is 1. The van der Waals surface area contributed by atoms with Gasteiger partial charge in [0.2, 0.25) is 17.7 Å². The van der Waals surface area contributed by atoms with Crippen LogP contribution in [-0.2, 0) is 25.6 Å². The average molecular weight is 512 g/mol. The Bertz CT molecular complexity index is 838. The number of nitrogens with two attached hydrogens (primary N) is 2. The first-order chi connectivity index (χ1) is 16.8. The quantitative estimate of drug-likeness (QED) is 0.163. The van der Waals surface area contributed by atoms with E-state index in [1.807, 2.05) is 6.26 Å². The molecule has 4 unspecified atom stereocenters. The maximum Gasteiger partial charge on any atom is 0.326 e. The van der Waals surface area contributed by atoms with Gasteiger partial charge in [-0.05, 0) is 57.1 Å². The molecular weight excluding hydrogens is 474 g/mol. The summed E-state index contributed by atoms with van der Waals surface area (Å²) in [5.41, 5.74) is 12.1. The predicted molar refractivity (Wildman–Crippen MR) is 132 cm³/mol. The molecule has 0 aromatic carbocycles. The largest absolute Gasteiger partial charge is 0.480 e. The van der Waals surface area contributed by atoms with Crippen molar-refractivity contribution in [2.45, 2.75) is 69.1 Å². The van der Waals surface area contributed by atoms with Gasteiger partial charge in [0.15, 0.2) is 0 Å². The third-order valence-corrected chi connectivity index (χ3v) is 6.61. The number of carboxylic acids is 1. The Balaban J connectivity index is 2.12. The Morgan fingerprint density at radius 3 is 2.66 bits per heavy atom. The number of nitrogens with zero attached hydrogens (tertiary/aromatic N) is 2. The minimum atomic E-state index is -1.13. The van der Waals surface area contributed by atoms with E-state index >= 15 is 0 Å². The summed E-state index contributed by atoms with van der Waals surface area (Å²) in [6, 6.07) is -3.58. The second-order valence-corrected chi connectivity index (χ2v) is 9.59. The predicted octanol–water partition coefficient (Wildman–Crippen LogP) is -0.793. The van der Waals surface area contributed by atoms with Gasteiger partial charge < -0.3 is 37.1 Å². The highest BCUT2D eigenvalue weighted by Crippen LogP contribution is 2.20. The second-order valence-electron chi connectivity index (χ2n) is 8.60. The molecule has 2 heterocycles. The minimum absolute atomic E-state index is 0.154. The molecule has 1 aliphatic heterocycles. The lowest BCUT2D eigenvalue weighted by Gasteiger charge is -2.30. The molecule has 1 aromatic heterocycles. The van der Waals surface area contributed by atoms with Gasteiger partial charge in [-0.25, -0.2) is 9.78 Å². The number of carbonyl (C=O) groups excluding carboxylic acids is 3. The molecule has 0 radical (unpaired) electrons. The zero-order valence-corrected chi connectivity index (χ0v) is 20.9. The molecule has 3 amide bonds. The van der Waals surface area contributed by atoms with Gasteiger partial charge in [0.05, 0.1) is 12.4 Å². The smallest absolute Gasteiger partial charge is 0.326 e. The van der Waals surface area contributed by atoms with Crippen molar-refractivity contribution in [2.75, 3.05) is 25.1 Å². The number of thioether (sulfide) groups is 1. The van der Waals surface area contributed by atoms with Crippen LogP contribution >= 0.6 is 11.8 Å². The Kier molecular flexibility index (Phi) is 12.0. The van der Waals surface area contributed by atoms with Gasteiger partial charge in [0.25, 0.3) is 0 Å². The van der Waals surface area contributed by atoms with Crippen LogP contribution < -0.4 is 22.1 Å². The number of carbonyl (C=O) groups is 4. The molecule has 1 aliphatic rings. The molecule has 8 N–H and O–H groups in total. The fraction of sp³-hybridized carbons (Fsp3) is 0.682. The Morgan fingerprint density at radius 1 is 1.26 bits per heavy atom. The molecule has 13 heteroatoms. The van der Waals surface area contributed by atoms with Gasteiger partial charge in [0, 0.05) is 24.9 Å². The number of unbranched alkanes of at least 4 members (excludes halogenated alkanes) is 1. The van der Waals surface area contributed by atoms with Crippen LogP contribution in [-0.4, -0.2) is 92.9 Å². The highest BCUT2D eigenvalue weighted by molar-refractivity contribution is 7.98. The van der Waals surface area contributed by atoms with Gasteiger partial charge in [0.1, 0.15) is 18.1 Å². The van der Waals surface area contributed by atoms with Crippen molar-refractivity contribution in [1.82, 2.24) is 25.5 Å². The van der Waals surface area contributed by atoms with Crippen LogP contribution in [0.5, 0.6) is 0 Å². The van der Waals surface area contributed by atoms with Crippen molar-refractivity contribution >= 4 is 35.5 Å². The van der Waals surface area contributed by atoms with Crippen LogP contribution in [0.2, 0.25) is 0 Å². The van der Waals surface area contributed by atoms with Crippen molar-refractivity contribution in [1.29, 1.82) is 0 Å². The maximum atomic E-state index is 13.5. The van der Waals surface area contributed by atoms with E-state index < -0.39 is 47.9 Å². The van der Waals surface area contributed by atoms with Crippen molar-refractivity contribution in [3.8, 4) is 0 Å². The summed E-state index contributed by atoms with van der Waals surface area (Å²) in [6.45, 7) is 0.769. The first kappa shape index (κ1) is 28.6. The number of aromatic nitrogens is 2.